The molecule has 1 fully saturated rings. The Morgan fingerprint density at radius 3 is 2.67 bits per heavy atom. The number of pyridine rings is 1. The average Bonchev–Trinajstić information content (AvgIpc) is 3.30. The normalized spacial score (nSPS) is 19.5. The molecule has 6 rings (SSSR count). The van der Waals surface area contributed by atoms with Gasteiger partial charge in [-0.1, -0.05) is 83.8 Å². The average molecular weight is 533 g/mol. The van der Waals surface area contributed by atoms with E-state index in [2.05, 4.69) is 21.3 Å². The molecule has 0 aliphatic carbocycles. The zero-order valence-corrected chi connectivity index (χ0v) is 21.8. The van der Waals surface area contributed by atoms with E-state index >= 15 is 0 Å². The van der Waals surface area contributed by atoms with Gasteiger partial charge in [0.2, 0.25) is 5.91 Å². The van der Waals surface area contributed by atoms with Crippen molar-refractivity contribution in [3.05, 3.63) is 94.4 Å². The number of rotatable bonds is 4. The summed E-state index contributed by atoms with van der Waals surface area (Å²) in [6.45, 7) is 2.27. The molecule has 1 amide bonds. The molecular weight excluding hydrogens is 509 g/mol. The Balaban J connectivity index is 1.22. The van der Waals surface area contributed by atoms with Crippen molar-refractivity contribution in [1.82, 2.24) is 14.5 Å². The molecule has 3 unspecified atom stereocenters. The monoisotopic (exact) mass is 532 g/mol. The highest BCUT2D eigenvalue weighted by atomic mass is 32.2. The van der Waals surface area contributed by atoms with Gasteiger partial charge >= 0.3 is 0 Å². The molecule has 9 heteroatoms. The first-order chi connectivity index (χ1) is 17.5. The molecule has 2 aliphatic rings. The molecule has 2 aliphatic heterocycles. The van der Waals surface area contributed by atoms with Crippen LogP contribution in [0.3, 0.4) is 0 Å². The summed E-state index contributed by atoms with van der Waals surface area (Å²) < 4.78 is 3.67. The number of benzene rings is 2. The highest BCUT2D eigenvalue weighted by Gasteiger charge is 2.36. The van der Waals surface area contributed by atoms with Crippen LogP contribution in [-0.4, -0.2) is 37.8 Å². The van der Waals surface area contributed by atoms with E-state index < -0.39 is 5.25 Å². The van der Waals surface area contributed by atoms with Crippen LogP contribution in [0.1, 0.15) is 28.8 Å². The van der Waals surface area contributed by atoms with Gasteiger partial charge in [0, 0.05) is 37.3 Å². The molecule has 4 heterocycles. The number of piperidine rings is 1. The molecule has 6 nitrogen and oxygen atoms in total. The maximum Gasteiger partial charge on any atom is 0.250 e. The lowest BCUT2D eigenvalue weighted by Crippen LogP contribution is -2.48. The minimum atomic E-state index is -0.498. The van der Waals surface area contributed by atoms with E-state index in [1.54, 1.807) is 6.07 Å². The van der Waals surface area contributed by atoms with Crippen LogP contribution in [0, 0.1) is 5.92 Å². The number of thiazole rings is 1. The summed E-state index contributed by atoms with van der Waals surface area (Å²) in [4.78, 5) is 32.7. The van der Waals surface area contributed by atoms with Crippen LogP contribution < -0.4 is 10.9 Å². The number of fused-ring (bicyclic) bond motifs is 5. The van der Waals surface area contributed by atoms with Crippen LogP contribution in [0.4, 0.5) is 5.13 Å². The predicted molar refractivity (Wildman–Crippen MR) is 151 cm³/mol. The Hall–Kier alpha value is -3.01. The number of hydrogen-bond donors (Lipinski definition) is 1. The minimum Gasteiger partial charge on any atom is -0.356 e. The summed E-state index contributed by atoms with van der Waals surface area (Å²) in [7, 11) is 0. The van der Waals surface area contributed by atoms with Gasteiger partial charge in [-0.2, -0.15) is 0 Å². The van der Waals surface area contributed by atoms with Crippen molar-refractivity contribution in [3.63, 3.8) is 0 Å². The molecule has 2 bridgehead atoms. The lowest BCUT2D eigenvalue weighted by molar-refractivity contribution is -0.115. The summed E-state index contributed by atoms with van der Waals surface area (Å²) in [5.41, 5.74) is 2.93. The van der Waals surface area contributed by atoms with E-state index in [0.29, 0.717) is 15.4 Å². The second kappa shape index (κ2) is 9.80. The molecule has 2 aromatic carbocycles. The van der Waals surface area contributed by atoms with E-state index in [0.717, 1.165) is 47.5 Å². The van der Waals surface area contributed by atoms with Gasteiger partial charge in [0.05, 0.1) is 10.2 Å². The maximum atomic E-state index is 13.5. The predicted octanol–water partition coefficient (Wildman–Crippen LogP) is 5.28. The standard InChI is InChI=1S/C27H24N4O2S3/c32-23-12-6-10-21-19-13-17(15-31(21)23)14-30(16-19)27(34)36-24(18-7-2-1-3-8-18)25(33)29-26-28-20-9-4-5-11-22(20)35-26/h1-12,17,19,24H,13-16H2,(H,28,29,33). The number of thiocarbonyl (C=S) groups is 1. The highest BCUT2D eigenvalue weighted by molar-refractivity contribution is 8.23. The third kappa shape index (κ3) is 4.58. The SMILES string of the molecule is O=C(Nc1nc2ccccc2s1)C(SC(=S)N1CC2CC(C1)c1cccc(=O)n1C2)c1ccccc1. The number of hydrogen-bond acceptors (Lipinski definition) is 6. The molecule has 0 radical (unpaired) electrons. The first-order valence-corrected chi connectivity index (χ1v) is 14.0. The number of para-hydroxylation sites is 1. The van der Waals surface area contributed by atoms with Crippen LogP contribution in [0.2, 0.25) is 0 Å². The number of carbonyl (C=O) groups excluding carboxylic acids is 1. The highest BCUT2D eigenvalue weighted by Crippen LogP contribution is 2.39. The lowest BCUT2D eigenvalue weighted by Gasteiger charge is -2.43. The number of likely N-dealkylation sites (tertiary alicyclic amines) is 1. The van der Waals surface area contributed by atoms with E-state index in [-0.39, 0.29) is 17.4 Å². The topological polar surface area (TPSA) is 67.2 Å². The van der Waals surface area contributed by atoms with Gasteiger partial charge in [0.25, 0.3) is 5.56 Å². The molecule has 182 valence electrons. The molecule has 36 heavy (non-hydrogen) atoms. The quantitative estimate of drug-likeness (QED) is 0.361. The first-order valence-electron chi connectivity index (χ1n) is 11.9. The molecule has 1 saturated heterocycles. The molecule has 4 aromatic rings. The van der Waals surface area contributed by atoms with Crippen LogP contribution in [0.5, 0.6) is 0 Å². The summed E-state index contributed by atoms with van der Waals surface area (Å²) in [6.07, 6.45) is 1.06. The van der Waals surface area contributed by atoms with Gasteiger partial charge in [-0.15, -0.1) is 0 Å². The fourth-order valence-electron chi connectivity index (χ4n) is 5.22. The molecular formula is C27H24N4O2S3. The molecule has 1 N–H and O–H groups in total. The molecule has 0 saturated carbocycles. The third-order valence-electron chi connectivity index (χ3n) is 6.82. The zero-order valence-electron chi connectivity index (χ0n) is 19.4. The number of carbonyl (C=O) groups is 1. The molecule has 0 spiro atoms. The summed E-state index contributed by atoms with van der Waals surface area (Å²) in [5, 5.41) is 3.12. The number of amides is 1. The second-order valence-corrected chi connectivity index (χ2v) is 12.0. The van der Waals surface area contributed by atoms with E-state index in [4.69, 9.17) is 12.2 Å². The van der Waals surface area contributed by atoms with E-state index in [1.165, 1.54) is 23.1 Å². The van der Waals surface area contributed by atoms with Crippen molar-refractivity contribution < 1.29 is 4.79 Å². The summed E-state index contributed by atoms with van der Waals surface area (Å²) in [6, 6.07) is 23.1. The van der Waals surface area contributed by atoms with Crippen LogP contribution in [-0.2, 0) is 11.3 Å². The summed E-state index contributed by atoms with van der Waals surface area (Å²) >= 11 is 8.80. The van der Waals surface area contributed by atoms with Gasteiger partial charge in [-0.05, 0) is 36.1 Å². The molecule has 3 atom stereocenters. The van der Waals surface area contributed by atoms with Crippen molar-refractivity contribution in [1.29, 1.82) is 0 Å². The Morgan fingerprint density at radius 1 is 1.03 bits per heavy atom. The second-order valence-electron chi connectivity index (χ2n) is 9.25. The van der Waals surface area contributed by atoms with Crippen LogP contribution in [0.25, 0.3) is 10.2 Å². The lowest BCUT2D eigenvalue weighted by atomic mass is 9.83. The van der Waals surface area contributed by atoms with Crippen molar-refractivity contribution >= 4 is 60.9 Å². The fraction of sp³-hybridized carbons (Fsp3) is 0.259. The zero-order chi connectivity index (χ0) is 24.6. The van der Waals surface area contributed by atoms with Crippen molar-refractivity contribution in [3.8, 4) is 0 Å². The maximum absolute atomic E-state index is 13.5. The Morgan fingerprint density at radius 2 is 1.83 bits per heavy atom. The van der Waals surface area contributed by atoms with Gasteiger partial charge in [0.1, 0.15) is 9.57 Å². The Kier molecular flexibility index (Phi) is 6.37. The van der Waals surface area contributed by atoms with E-state index in [1.807, 2.05) is 65.2 Å². The third-order valence-corrected chi connectivity index (χ3v) is 9.50. The van der Waals surface area contributed by atoms with Gasteiger partial charge in [0.15, 0.2) is 5.13 Å². The Bertz CT molecular complexity index is 1470. The van der Waals surface area contributed by atoms with Crippen LogP contribution in [0.15, 0.2) is 77.6 Å². The Labute approximate surface area is 222 Å². The van der Waals surface area contributed by atoms with Crippen molar-refractivity contribution in [2.75, 3.05) is 18.4 Å². The van der Waals surface area contributed by atoms with E-state index in [9.17, 15) is 9.59 Å². The number of nitrogens with one attached hydrogen (secondary N) is 1. The fourth-order valence-corrected chi connectivity index (χ4v) is 7.48. The van der Waals surface area contributed by atoms with Gasteiger partial charge in [-0.25, -0.2) is 4.98 Å². The van der Waals surface area contributed by atoms with Crippen molar-refractivity contribution in [2.45, 2.75) is 24.1 Å². The smallest absolute Gasteiger partial charge is 0.250 e. The molecule has 2 aromatic heterocycles. The van der Waals surface area contributed by atoms with Gasteiger partial charge < -0.3 is 14.8 Å². The largest absolute Gasteiger partial charge is 0.356 e. The minimum absolute atomic E-state index is 0.0725. The van der Waals surface area contributed by atoms with Crippen molar-refractivity contribution in [2.24, 2.45) is 5.92 Å². The van der Waals surface area contributed by atoms with Crippen LogP contribution >= 0.6 is 35.3 Å². The first kappa shape index (κ1) is 23.4. The van der Waals surface area contributed by atoms with Gasteiger partial charge in [-0.3, -0.25) is 9.59 Å². The number of aromatic nitrogens is 2. The summed E-state index contributed by atoms with van der Waals surface area (Å²) in [5.74, 6) is 0.486. The number of thioether (sulfide) groups is 1. The number of nitrogens with zero attached hydrogens (tertiary/aromatic N) is 3. The number of anilines is 1.